The van der Waals surface area contributed by atoms with Gasteiger partial charge in [-0.1, -0.05) is 12.1 Å². The van der Waals surface area contributed by atoms with E-state index in [2.05, 4.69) is 52.5 Å². The molecular formula is C30H33N3O3S. The van der Waals surface area contributed by atoms with Crippen LogP contribution in [0.5, 0.6) is 5.75 Å². The Morgan fingerprint density at radius 1 is 1.16 bits per heavy atom. The molecular weight excluding hydrogens is 482 g/mol. The molecule has 2 aliphatic rings. The van der Waals surface area contributed by atoms with Crippen molar-refractivity contribution in [2.24, 2.45) is 5.92 Å². The Bertz CT molecular complexity index is 1430. The number of carbonyl (C=O) groups excluding carboxylic acids is 1. The molecule has 6 rings (SSSR count). The number of nitrogens with one attached hydrogen (secondary N) is 1. The normalized spacial score (nSPS) is 16.4. The molecule has 1 N–H and O–H groups in total. The highest BCUT2D eigenvalue weighted by Crippen LogP contribution is 2.47. The largest absolute Gasteiger partial charge is 0.494 e. The number of amides is 1. The lowest BCUT2D eigenvalue weighted by molar-refractivity contribution is 0.108. The molecule has 0 aliphatic heterocycles. The first-order valence-electron chi connectivity index (χ1n) is 13.3. The van der Waals surface area contributed by atoms with Gasteiger partial charge in [-0.3, -0.25) is 5.32 Å². The highest BCUT2D eigenvalue weighted by molar-refractivity contribution is 7.09. The van der Waals surface area contributed by atoms with Crippen molar-refractivity contribution in [3.63, 3.8) is 0 Å². The lowest BCUT2D eigenvalue weighted by atomic mass is 9.92. The fourth-order valence-corrected chi connectivity index (χ4v) is 5.89. The van der Waals surface area contributed by atoms with Crippen molar-refractivity contribution in [2.45, 2.75) is 65.0 Å². The molecule has 2 heterocycles. The monoisotopic (exact) mass is 515 g/mol. The summed E-state index contributed by atoms with van der Waals surface area (Å²) in [6, 6.07) is 15.0. The number of rotatable bonds is 8. The van der Waals surface area contributed by atoms with Crippen LogP contribution < -0.4 is 10.1 Å². The van der Waals surface area contributed by atoms with Gasteiger partial charge in [0.05, 0.1) is 28.5 Å². The van der Waals surface area contributed by atoms with Gasteiger partial charge in [-0.25, -0.2) is 9.78 Å². The van der Waals surface area contributed by atoms with E-state index in [1.165, 1.54) is 23.0 Å². The fraction of sp³-hybridized carbons (Fsp3) is 0.400. The van der Waals surface area contributed by atoms with Crippen molar-refractivity contribution in [2.75, 3.05) is 11.9 Å². The molecule has 4 aromatic rings. The summed E-state index contributed by atoms with van der Waals surface area (Å²) in [6.07, 6.45) is 5.42. The Labute approximate surface area is 221 Å². The first-order valence-corrected chi connectivity index (χ1v) is 14.2. The Kier molecular flexibility index (Phi) is 6.41. The molecule has 0 radical (unpaired) electrons. The molecule has 37 heavy (non-hydrogen) atoms. The van der Waals surface area contributed by atoms with Crippen molar-refractivity contribution in [1.29, 1.82) is 0 Å². The maximum Gasteiger partial charge on any atom is 0.411 e. The van der Waals surface area contributed by atoms with Gasteiger partial charge in [-0.05, 0) is 88.6 Å². The van der Waals surface area contributed by atoms with Crippen molar-refractivity contribution in [3.05, 3.63) is 52.9 Å². The molecule has 1 atom stereocenters. The zero-order valence-corrected chi connectivity index (χ0v) is 22.4. The minimum absolute atomic E-state index is 0.0387. The second kappa shape index (κ2) is 9.86. The van der Waals surface area contributed by atoms with Crippen LogP contribution >= 0.6 is 11.3 Å². The van der Waals surface area contributed by atoms with E-state index in [9.17, 15) is 4.79 Å². The predicted octanol–water partition coefficient (Wildman–Crippen LogP) is 8.21. The van der Waals surface area contributed by atoms with E-state index in [-0.39, 0.29) is 6.10 Å². The molecule has 2 saturated carbocycles. The Balaban J connectivity index is 1.42. The number of anilines is 1. The smallest absolute Gasteiger partial charge is 0.411 e. The number of fused-ring (bicyclic) bond motifs is 1. The van der Waals surface area contributed by atoms with Crippen LogP contribution in [0.1, 0.15) is 57.0 Å². The van der Waals surface area contributed by atoms with Crippen LogP contribution in [0.25, 0.3) is 33.4 Å². The summed E-state index contributed by atoms with van der Waals surface area (Å²) in [6.45, 7) is 6.67. The molecule has 7 heteroatoms. The highest BCUT2D eigenvalue weighted by Gasteiger charge is 2.31. The maximum atomic E-state index is 12.4. The third-order valence-corrected chi connectivity index (χ3v) is 8.36. The van der Waals surface area contributed by atoms with Gasteiger partial charge in [-0.2, -0.15) is 0 Å². The summed E-state index contributed by atoms with van der Waals surface area (Å²) in [5.41, 5.74) is 6.36. The second-order valence-corrected chi connectivity index (χ2v) is 11.3. The lowest BCUT2D eigenvalue weighted by Gasteiger charge is -2.30. The van der Waals surface area contributed by atoms with Crippen LogP contribution in [0.15, 0.2) is 47.8 Å². The fourth-order valence-electron chi connectivity index (χ4n) is 5.28. The maximum absolute atomic E-state index is 12.4. The number of hydrogen-bond acceptors (Lipinski definition) is 5. The average molecular weight is 516 g/mol. The van der Waals surface area contributed by atoms with E-state index < -0.39 is 6.09 Å². The minimum Gasteiger partial charge on any atom is -0.494 e. The lowest BCUT2D eigenvalue weighted by Crippen LogP contribution is -2.21. The molecule has 2 aliphatic carbocycles. The van der Waals surface area contributed by atoms with E-state index in [4.69, 9.17) is 14.5 Å². The molecule has 6 nitrogen and oxygen atoms in total. The molecule has 1 amide bonds. The zero-order valence-electron chi connectivity index (χ0n) is 21.6. The van der Waals surface area contributed by atoms with Crippen LogP contribution in [-0.2, 0) is 4.74 Å². The van der Waals surface area contributed by atoms with Gasteiger partial charge in [0, 0.05) is 34.1 Å². The number of carbonyl (C=O) groups is 1. The predicted molar refractivity (Wildman–Crippen MR) is 150 cm³/mol. The number of ether oxygens (including phenoxy) is 2. The van der Waals surface area contributed by atoms with Crippen LogP contribution in [0.4, 0.5) is 10.5 Å². The first-order chi connectivity index (χ1) is 18.0. The van der Waals surface area contributed by atoms with E-state index in [1.807, 2.05) is 26.0 Å². The van der Waals surface area contributed by atoms with Gasteiger partial charge >= 0.3 is 6.09 Å². The topological polar surface area (TPSA) is 65.4 Å². The number of aromatic nitrogens is 2. The van der Waals surface area contributed by atoms with E-state index in [1.54, 1.807) is 11.3 Å². The molecule has 0 bridgehead atoms. The van der Waals surface area contributed by atoms with E-state index >= 15 is 0 Å². The van der Waals surface area contributed by atoms with Gasteiger partial charge < -0.3 is 14.0 Å². The molecule has 192 valence electrons. The summed E-state index contributed by atoms with van der Waals surface area (Å²) in [7, 11) is 0. The first kappa shape index (κ1) is 24.0. The average Bonchev–Trinajstić information content (AvgIpc) is 3.55. The van der Waals surface area contributed by atoms with Gasteiger partial charge in [0.1, 0.15) is 11.9 Å². The zero-order chi connectivity index (χ0) is 25.5. The Hall–Kier alpha value is -3.32. The number of aryl methyl sites for hydroxylation is 1. The molecule has 0 saturated heterocycles. The quantitative estimate of drug-likeness (QED) is 0.257. The third-order valence-electron chi connectivity index (χ3n) is 7.59. The SMILES string of the molecule is CCOc1ccc2c(-c3csc(C)n3)c(-c3ccc(NC(=O)OC(C)C4CC4)cc3)n(C3CCC3)c2c1. The molecule has 1 unspecified atom stereocenters. The minimum atomic E-state index is -0.391. The Morgan fingerprint density at radius 2 is 1.95 bits per heavy atom. The van der Waals surface area contributed by atoms with Crippen molar-refractivity contribution in [3.8, 4) is 28.3 Å². The van der Waals surface area contributed by atoms with Crippen LogP contribution in [0.3, 0.4) is 0 Å². The van der Waals surface area contributed by atoms with Gasteiger partial charge in [0.25, 0.3) is 0 Å². The van der Waals surface area contributed by atoms with Crippen LogP contribution in [-0.4, -0.2) is 28.4 Å². The number of hydrogen-bond donors (Lipinski definition) is 1. The van der Waals surface area contributed by atoms with Crippen molar-refractivity contribution < 1.29 is 14.3 Å². The van der Waals surface area contributed by atoms with Crippen molar-refractivity contribution in [1.82, 2.24) is 9.55 Å². The number of benzene rings is 2. The molecule has 2 aromatic carbocycles. The van der Waals surface area contributed by atoms with E-state index in [0.717, 1.165) is 58.9 Å². The Morgan fingerprint density at radius 3 is 2.57 bits per heavy atom. The van der Waals surface area contributed by atoms with E-state index in [0.29, 0.717) is 18.6 Å². The third kappa shape index (κ3) is 4.73. The molecule has 2 aromatic heterocycles. The van der Waals surface area contributed by atoms with Crippen molar-refractivity contribution >= 4 is 34.0 Å². The summed E-state index contributed by atoms with van der Waals surface area (Å²) < 4.78 is 13.9. The second-order valence-electron chi connectivity index (χ2n) is 10.2. The molecule has 0 spiro atoms. The van der Waals surface area contributed by atoms with Gasteiger partial charge in [-0.15, -0.1) is 11.3 Å². The standard InChI is InChI=1S/C30H33N3O3S/c1-4-35-24-14-15-25-27(16-24)33(23-6-5-7-23)29(28(25)26-17-37-19(3)31-26)21-10-12-22(13-11-21)32-30(34)36-18(2)20-8-9-20/h10-18,20,23H,4-9H2,1-3H3,(H,32,34). The van der Waals surface area contributed by atoms with Gasteiger partial charge in [0.2, 0.25) is 0 Å². The summed E-state index contributed by atoms with van der Waals surface area (Å²) in [5.74, 6) is 1.40. The van der Waals surface area contributed by atoms with Crippen LogP contribution in [0, 0.1) is 12.8 Å². The van der Waals surface area contributed by atoms with Gasteiger partial charge in [0.15, 0.2) is 0 Å². The summed E-state index contributed by atoms with van der Waals surface area (Å²) in [5, 5.41) is 7.29. The summed E-state index contributed by atoms with van der Waals surface area (Å²) in [4.78, 5) is 17.3. The highest BCUT2D eigenvalue weighted by atomic mass is 32.1. The van der Waals surface area contributed by atoms with Crippen LogP contribution in [0.2, 0.25) is 0 Å². The number of thiazole rings is 1. The summed E-state index contributed by atoms with van der Waals surface area (Å²) >= 11 is 1.67. The number of nitrogens with zero attached hydrogens (tertiary/aromatic N) is 2. The molecule has 2 fully saturated rings.